The van der Waals surface area contributed by atoms with Crippen molar-refractivity contribution in [1.82, 2.24) is 0 Å². The third-order valence-corrected chi connectivity index (χ3v) is 3.03. The Kier molecular flexibility index (Phi) is 2.03. The quantitative estimate of drug-likeness (QED) is 0.714. The number of nitrogen functional groups attached to an aromatic ring is 1. The average molecular weight is 207 g/mol. The molecule has 3 rings (SSSR count). The van der Waals surface area contributed by atoms with Crippen LogP contribution in [0.2, 0.25) is 0 Å². The third kappa shape index (κ3) is 1.41. The van der Waals surface area contributed by atoms with Gasteiger partial charge in [0, 0.05) is 5.69 Å². The van der Waals surface area contributed by atoms with Gasteiger partial charge in [-0.3, -0.25) is 0 Å². The van der Waals surface area contributed by atoms with E-state index in [0.717, 1.165) is 12.1 Å². The van der Waals surface area contributed by atoms with Gasteiger partial charge in [-0.1, -0.05) is 42.5 Å². The molecule has 1 heteroatoms. The molecule has 1 nitrogen and oxygen atoms in total. The lowest BCUT2D eigenvalue weighted by molar-refractivity contribution is 1.31. The van der Waals surface area contributed by atoms with E-state index in [4.69, 9.17) is 5.73 Å². The van der Waals surface area contributed by atoms with Crippen molar-refractivity contribution < 1.29 is 0 Å². The molecule has 0 bridgehead atoms. The molecule has 0 atom stereocenters. The van der Waals surface area contributed by atoms with Gasteiger partial charge >= 0.3 is 0 Å². The van der Waals surface area contributed by atoms with E-state index in [9.17, 15) is 0 Å². The lowest BCUT2D eigenvalue weighted by Crippen LogP contribution is -1.90. The van der Waals surface area contributed by atoms with Gasteiger partial charge in [-0.05, 0) is 40.8 Å². The average Bonchev–Trinajstić information content (AvgIpc) is 2.73. The van der Waals surface area contributed by atoms with Crippen LogP contribution in [0.25, 0.3) is 5.57 Å². The molecule has 0 aromatic heterocycles. The fourth-order valence-corrected chi connectivity index (χ4v) is 2.26. The lowest BCUT2D eigenvalue weighted by atomic mass is 9.99. The van der Waals surface area contributed by atoms with E-state index in [2.05, 4.69) is 42.5 Å². The minimum atomic E-state index is 0.849. The van der Waals surface area contributed by atoms with Gasteiger partial charge in [0.05, 0.1) is 0 Å². The van der Waals surface area contributed by atoms with Crippen LogP contribution < -0.4 is 5.73 Å². The number of benzene rings is 2. The van der Waals surface area contributed by atoms with Crippen molar-refractivity contribution in [3.8, 4) is 0 Å². The SMILES string of the molecule is Nc1ccc2c(c1)CC=C2c1ccccc1. The second kappa shape index (κ2) is 3.53. The predicted molar refractivity (Wildman–Crippen MR) is 68.1 cm³/mol. The molecule has 0 heterocycles. The predicted octanol–water partition coefficient (Wildman–Crippen LogP) is 3.26. The molecule has 2 N–H and O–H groups in total. The van der Waals surface area contributed by atoms with Gasteiger partial charge in [0.25, 0.3) is 0 Å². The maximum absolute atomic E-state index is 5.79. The second-order valence-corrected chi connectivity index (χ2v) is 4.10. The molecule has 0 saturated carbocycles. The molecule has 0 spiro atoms. The van der Waals surface area contributed by atoms with Crippen LogP contribution in [0.4, 0.5) is 5.69 Å². The molecule has 16 heavy (non-hydrogen) atoms. The largest absolute Gasteiger partial charge is 0.399 e. The number of nitrogens with two attached hydrogens (primary N) is 1. The summed E-state index contributed by atoms with van der Waals surface area (Å²) in [5, 5.41) is 0. The van der Waals surface area contributed by atoms with Gasteiger partial charge in [0.1, 0.15) is 0 Å². The van der Waals surface area contributed by atoms with Gasteiger partial charge < -0.3 is 5.73 Å². The number of allylic oxidation sites excluding steroid dienone is 1. The van der Waals surface area contributed by atoms with Crippen LogP contribution in [0.5, 0.6) is 0 Å². The Morgan fingerprint density at radius 1 is 0.938 bits per heavy atom. The van der Waals surface area contributed by atoms with Crippen molar-refractivity contribution in [3.63, 3.8) is 0 Å². The van der Waals surface area contributed by atoms with Gasteiger partial charge in [0.2, 0.25) is 0 Å². The van der Waals surface area contributed by atoms with E-state index >= 15 is 0 Å². The highest BCUT2D eigenvalue weighted by molar-refractivity contribution is 5.85. The van der Waals surface area contributed by atoms with Gasteiger partial charge in [-0.15, -0.1) is 0 Å². The first-order chi connectivity index (χ1) is 7.84. The van der Waals surface area contributed by atoms with E-state index in [1.165, 1.54) is 22.3 Å². The summed E-state index contributed by atoms with van der Waals surface area (Å²) >= 11 is 0. The number of fused-ring (bicyclic) bond motifs is 1. The standard InChI is InChI=1S/C15H13N/c16-13-7-9-15-12(10-13)6-8-14(15)11-4-2-1-3-5-11/h1-5,7-10H,6,16H2. The van der Waals surface area contributed by atoms with Crippen molar-refractivity contribution in [1.29, 1.82) is 0 Å². The fourth-order valence-electron chi connectivity index (χ4n) is 2.26. The highest BCUT2D eigenvalue weighted by Gasteiger charge is 2.14. The van der Waals surface area contributed by atoms with Crippen LogP contribution in [0.1, 0.15) is 16.7 Å². The fraction of sp³-hybridized carbons (Fsp3) is 0.0667. The highest BCUT2D eigenvalue weighted by Crippen LogP contribution is 2.33. The van der Waals surface area contributed by atoms with Crippen LogP contribution in [0.3, 0.4) is 0 Å². The summed E-state index contributed by atoms with van der Waals surface area (Å²) in [5.74, 6) is 0. The van der Waals surface area contributed by atoms with E-state index in [1.807, 2.05) is 12.1 Å². The first-order valence-electron chi connectivity index (χ1n) is 5.49. The van der Waals surface area contributed by atoms with Gasteiger partial charge in [-0.25, -0.2) is 0 Å². The smallest absolute Gasteiger partial charge is 0.0317 e. The van der Waals surface area contributed by atoms with Gasteiger partial charge in [0.15, 0.2) is 0 Å². The Bertz CT molecular complexity index is 553. The number of hydrogen-bond donors (Lipinski definition) is 1. The topological polar surface area (TPSA) is 26.0 Å². The summed E-state index contributed by atoms with van der Waals surface area (Å²) in [4.78, 5) is 0. The van der Waals surface area contributed by atoms with E-state index < -0.39 is 0 Å². The summed E-state index contributed by atoms with van der Waals surface area (Å²) in [6.45, 7) is 0. The Morgan fingerprint density at radius 3 is 2.56 bits per heavy atom. The minimum absolute atomic E-state index is 0.849. The number of anilines is 1. The first-order valence-corrected chi connectivity index (χ1v) is 5.49. The summed E-state index contributed by atoms with van der Waals surface area (Å²) in [6.07, 6.45) is 3.27. The van der Waals surface area contributed by atoms with E-state index in [0.29, 0.717) is 0 Å². The van der Waals surface area contributed by atoms with Crippen LogP contribution in [0, 0.1) is 0 Å². The Labute approximate surface area is 95.2 Å². The molecule has 0 radical (unpaired) electrons. The summed E-state index contributed by atoms with van der Waals surface area (Å²) < 4.78 is 0. The Balaban J connectivity index is 2.09. The third-order valence-electron chi connectivity index (χ3n) is 3.03. The molecular formula is C15H13N. The number of hydrogen-bond acceptors (Lipinski definition) is 1. The first kappa shape index (κ1) is 9.22. The Hall–Kier alpha value is -2.02. The highest BCUT2D eigenvalue weighted by atomic mass is 14.5. The summed E-state index contributed by atoms with van der Waals surface area (Å²) in [6, 6.07) is 16.7. The van der Waals surface area contributed by atoms with Crippen molar-refractivity contribution >= 4 is 11.3 Å². The molecule has 78 valence electrons. The lowest BCUT2D eigenvalue weighted by Gasteiger charge is -2.06. The molecule has 0 amide bonds. The molecular weight excluding hydrogens is 194 g/mol. The molecule has 2 aromatic rings. The molecule has 0 fully saturated rings. The molecule has 2 aromatic carbocycles. The zero-order valence-electron chi connectivity index (χ0n) is 8.98. The zero-order chi connectivity index (χ0) is 11.0. The molecule has 1 aliphatic carbocycles. The van der Waals surface area contributed by atoms with Crippen LogP contribution in [0.15, 0.2) is 54.6 Å². The normalized spacial score (nSPS) is 13.4. The summed E-state index contributed by atoms with van der Waals surface area (Å²) in [7, 11) is 0. The van der Waals surface area contributed by atoms with Crippen molar-refractivity contribution in [2.75, 3.05) is 5.73 Å². The van der Waals surface area contributed by atoms with E-state index in [-0.39, 0.29) is 0 Å². The maximum atomic E-state index is 5.79. The Morgan fingerprint density at radius 2 is 1.75 bits per heavy atom. The van der Waals surface area contributed by atoms with Crippen molar-refractivity contribution in [2.45, 2.75) is 6.42 Å². The maximum Gasteiger partial charge on any atom is 0.0317 e. The van der Waals surface area contributed by atoms with Crippen molar-refractivity contribution in [3.05, 3.63) is 71.3 Å². The second-order valence-electron chi connectivity index (χ2n) is 4.10. The molecule has 0 aliphatic heterocycles. The monoisotopic (exact) mass is 207 g/mol. The van der Waals surface area contributed by atoms with Crippen LogP contribution in [-0.2, 0) is 6.42 Å². The van der Waals surface area contributed by atoms with Crippen LogP contribution in [-0.4, -0.2) is 0 Å². The molecule has 1 aliphatic rings. The number of rotatable bonds is 1. The summed E-state index contributed by atoms with van der Waals surface area (Å²) in [5.41, 5.74) is 11.9. The van der Waals surface area contributed by atoms with Crippen molar-refractivity contribution in [2.24, 2.45) is 0 Å². The minimum Gasteiger partial charge on any atom is -0.399 e. The molecule has 0 unspecified atom stereocenters. The van der Waals surface area contributed by atoms with Gasteiger partial charge in [-0.2, -0.15) is 0 Å². The zero-order valence-corrected chi connectivity index (χ0v) is 8.98. The van der Waals surface area contributed by atoms with E-state index in [1.54, 1.807) is 0 Å². The van der Waals surface area contributed by atoms with Crippen LogP contribution >= 0.6 is 0 Å². The molecule has 0 saturated heterocycles.